The monoisotopic (exact) mass is 364 g/mol. The van der Waals surface area contributed by atoms with Gasteiger partial charge in [-0.3, -0.25) is 10.1 Å². The summed E-state index contributed by atoms with van der Waals surface area (Å²) in [6, 6.07) is 2.10. The molecule has 0 unspecified atom stereocenters. The number of nitrogens with one attached hydrogen (secondary N) is 1. The zero-order valence-corrected chi connectivity index (χ0v) is 16.4. The van der Waals surface area contributed by atoms with Crippen LogP contribution in [0.3, 0.4) is 0 Å². The lowest BCUT2D eigenvalue weighted by atomic mass is 9.78. The van der Waals surface area contributed by atoms with E-state index in [0.717, 1.165) is 0 Å². The predicted molar refractivity (Wildman–Crippen MR) is 98.1 cm³/mol. The van der Waals surface area contributed by atoms with Crippen LogP contribution < -0.4 is 11.1 Å². The SMILES string of the molecule is C[C@H](OC(=O)c1cc(C(C)(C)C)c(O)c(C(C)(C)C)c1)C(=O)NC(N)=O. The summed E-state index contributed by atoms with van der Waals surface area (Å²) in [5.74, 6) is -1.40. The van der Waals surface area contributed by atoms with E-state index in [1.165, 1.54) is 6.92 Å². The van der Waals surface area contributed by atoms with Crippen molar-refractivity contribution in [2.45, 2.75) is 65.4 Å². The summed E-state index contributed by atoms with van der Waals surface area (Å²) in [7, 11) is 0. The van der Waals surface area contributed by atoms with Gasteiger partial charge in [-0.2, -0.15) is 0 Å². The van der Waals surface area contributed by atoms with Crippen LogP contribution in [0.15, 0.2) is 12.1 Å². The fourth-order valence-electron chi connectivity index (χ4n) is 2.40. The molecule has 26 heavy (non-hydrogen) atoms. The molecule has 1 atom stereocenters. The van der Waals surface area contributed by atoms with Crippen molar-refractivity contribution >= 4 is 17.9 Å². The standard InChI is InChI=1S/C19H28N2O5/c1-10(15(23)21-17(20)25)26-16(24)11-8-12(18(2,3)4)14(22)13(9-11)19(5,6)7/h8-10,22H,1-7H3,(H3,20,21,23,25)/t10-/m0/s1. The van der Waals surface area contributed by atoms with E-state index in [9.17, 15) is 19.5 Å². The van der Waals surface area contributed by atoms with Gasteiger partial charge in [0.25, 0.3) is 5.91 Å². The molecule has 0 fully saturated rings. The largest absolute Gasteiger partial charge is 0.507 e. The Balaban J connectivity index is 3.29. The Kier molecular flexibility index (Phi) is 6.07. The predicted octanol–water partition coefficient (Wildman–Crippen LogP) is 2.73. The maximum atomic E-state index is 12.5. The first kappa shape index (κ1) is 21.5. The number of amides is 3. The summed E-state index contributed by atoms with van der Waals surface area (Å²) in [5, 5.41) is 12.5. The highest BCUT2D eigenvalue weighted by atomic mass is 16.5. The lowest BCUT2D eigenvalue weighted by Crippen LogP contribution is -2.42. The van der Waals surface area contributed by atoms with Gasteiger partial charge in [0.1, 0.15) is 5.75 Å². The van der Waals surface area contributed by atoms with Crippen molar-refractivity contribution in [3.05, 3.63) is 28.8 Å². The van der Waals surface area contributed by atoms with Gasteiger partial charge < -0.3 is 15.6 Å². The van der Waals surface area contributed by atoms with Crippen LogP contribution in [0.5, 0.6) is 5.75 Å². The molecule has 0 saturated carbocycles. The number of hydrogen-bond donors (Lipinski definition) is 3. The highest BCUT2D eigenvalue weighted by Gasteiger charge is 2.29. The maximum absolute atomic E-state index is 12.5. The lowest BCUT2D eigenvalue weighted by Gasteiger charge is -2.28. The quantitative estimate of drug-likeness (QED) is 0.713. The zero-order chi connectivity index (χ0) is 20.4. The molecule has 0 saturated heterocycles. The molecule has 7 nitrogen and oxygen atoms in total. The molecule has 0 aliphatic carbocycles. The van der Waals surface area contributed by atoms with Crippen molar-refractivity contribution < 1.29 is 24.2 Å². The number of rotatable bonds is 3. The van der Waals surface area contributed by atoms with Crippen LogP contribution in [0, 0.1) is 0 Å². The maximum Gasteiger partial charge on any atom is 0.338 e. The first-order valence-corrected chi connectivity index (χ1v) is 8.34. The van der Waals surface area contributed by atoms with Gasteiger partial charge in [-0.15, -0.1) is 0 Å². The van der Waals surface area contributed by atoms with Crippen molar-refractivity contribution in [3.8, 4) is 5.75 Å². The number of carbonyl (C=O) groups is 3. The first-order valence-electron chi connectivity index (χ1n) is 8.34. The van der Waals surface area contributed by atoms with Gasteiger partial charge in [0, 0.05) is 11.1 Å². The minimum Gasteiger partial charge on any atom is -0.507 e. The van der Waals surface area contributed by atoms with Gasteiger partial charge in [-0.25, -0.2) is 9.59 Å². The lowest BCUT2D eigenvalue weighted by molar-refractivity contribution is -0.127. The number of phenols is 1. The molecular weight excluding hydrogens is 336 g/mol. The van der Waals surface area contributed by atoms with Crippen molar-refractivity contribution in [1.82, 2.24) is 5.32 Å². The van der Waals surface area contributed by atoms with Crippen molar-refractivity contribution in [3.63, 3.8) is 0 Å². The number of benzene rings is 1. The number of phenolic OH excluding ortho intramolecular Hbond substituents is 1. The number of primary amides is 1. The third-order valence-electron chi connectivity index (χ3n) is 3.86. The van der Waals surface area contributed by atoms with Gasteiger partial charge in [-0.05, 0) is 29.9 Å². The van der Waals surface area contributed by atoms with Gasteiger partial charge in [0.2, 0.25) is 0 Å². The highest BCUT2D eigenvalue weighted by Crippen LogP contribution is 2.39. The normalized spacial score (nSPS) is 13.0. The van der Waals surface area contributed by atoms with Gasteiger partial charge in [0.15, 0.2) is 6.10 Å². The van der Waals surface area contributed by atoms with Crippen LogP contribution in [-0.2, 0) is 20.4 Å². The second-order valence-corrected chi connectivity index (χ2v) is 8.32. The van der Waals surface area contributed by atoms with Crippen LogP contribution in [0.1, 0.15) is 70.0 Å². The third kappa shape index (κ3) is 5.21. The van der Waals surface area contributed by atoms with Gasteiger partial charge >= 0.3 is 12.0 Å². The second-order valence-electron chi connectivity index (χ2n) is 8.32. The molecule has 1 aromatic rings. The van der Waals surface area contributed by atoms with Crippen molar-refractivity contribution in [2.24, 2.45) is 5.73 Å². The average molecular weight is 364 g/mol. The Morgan fingerprint density at radius 2 is 1.46 bits per heavy atom. The van der Waals surface area contributed by atoms with E-state index < -0.39 is 34.8 Å². The summed E-state index contributed by atoms with van der Waals surface area (Å²) in [5.41, 5.74) is 5.50. The van der Waals surface area contributed by atoms with Crippen LogP contribution >= 0.6 is 0 Å². The van der Waals surface area contributed by atoms with Crippen molar-refractivity contribution in [1.29, 1.82) is 0 Å². The minimum absolute atomic E-state index is 0.140. The topological polar surface area (TPSA) is 119 Å². The van der Waals surface area contributed by atoms with E-state index >= 15 is 0 Å². The van der Waals surface area contributed by atoms with E-state index in [2.05, 4.69) is 0 Å². The molecule has 1 rings (SSSR count). The molecule has 0 bridgehead atoms. The molecule has 144 valence electrons. The molecule has 7 heteroatoms. The molecule has 0 heterocycles. The molecular formula is C19H28N2O5. The number of esters is 1. The molecule has 1 aromatic carbocycles. The molecule has 0 radical (unpaired) electrons. The minimum atomic E-state index is -1.19. The summed E-state index contributed by atoms with van der Waals surface area (Å²) in [6.07, 6.45) is -1.19. The van der Waals surface area contributed by atoms with Gasteiger partial charge in [-0.1, -0.05) is 41.5 Å². The van der Waals surface area contributed by atoms with Crippen LogP contribution in [0.4, 0.5) is 4.79 Å². The van der Waals surface area contributed by atoms with E-state index in [0.29, 0.717) is 11.1 Å². The second kappa shape index (κ2) is 7.35. The highest BCUT2D eigenvalue weighted by molar-refractivity contribution is 5.98. The van der Waals surface area contributed by atoms with E-state index in [1.807, 2.05) is 46.9 Å². The Morgan fingerprint density at radius 3 is 1.81 bits per heavy atom. The third-order valence-corrected chi connectivity index (χ3v) is 3.86. The number of aromatic hydroxyl groups is 1. The van der Waals surface area contributed by atoms with Crippen LogP contribution in [0.2, 0.25) is 0 Å². The molecule has 4 N–H and O–H groups in total. The van der Waals surface area contributed by atoms with Crippen molar-refractivity contribution in [2.75, 3.05) is 0 Å². The number of carbonyl (C=O) groups excluding carboxylic acids is 3. The fraction of sp³-hybridized carbons (Fsp3) is 0.526. The van der Waals surface area contributed by atoms with Crippen LogP contribution in [-0.4, -0.2) is 29.1 Å². The molecule has 0 aromatic heterocycles. The number of urea groups is 1. The van der Waals surface area contributed by atoms with E-state index in [4.69, 9.17) is 10.5 Å². The molecule has 0 aliphatic heterocycles. The Hall–Kier alpha value is -2.57. The Bertz CT molecular complexity index is 691. The molecule has 0 aliphatic rings. The summed E-state index contributed by atoms with van der Waals surface area (Å²) < 4.78 is 5.13. The molecule has 0 spiro atoms. The molecule has 3 amide bonds. The average Bonchev–Trinajstić information content (AvgIpc) is 2.43. The van der Waals surface area contributed by atoms with Crippen LogP contribution in [0.25, 0.3) is 0 Å². The summed E-state index contributed by atoms with van der Waals surface area (Å²) in [6.45, 7) is 12.9. The van der Waals surface area contributed by atoms with E-state index in [-0.39, 0.29) is 11.3 Å². The number of nitrogens with two attached hydrogens (primary N) is 1. The van der Waals surface area contributed by atoms with Gasteiger partial charge in [0.05, 0.1) is 5.56 Å². The Morgan fingerprint density at radius 1 is 1.04 bits per heavy atom. The number of imide groups is 1. The van der Waals surface area contributed by atoms with E-state index in [1.54, 1.807) is 12.1 Å². The number of hydrogen-bond acceptors (Lipinski definition) is 5. The Labute approximate surface area is 153 Å². The number of ether oxygens (including phenoxy) is 1. The first-order chi connectivity index (χ1) is 11.6. The fourth-order valence-corrected chi connectivity index (χ4v) is 2.40. The zero-order valence-electron chi connectivity index (χ0n) is 16.4. The summed E-state index contributed by atoms with van der Waals surface area (Å²) >= 11 is 0. The smallest absolute Gasteiger partial charge is 0.338 e. The summed E-state index contributed by atoms with van der Waals surface area (Å²) in [4.78, 5) is 35.0.